The van der Waals surface area contributed by atoms with E-state index in [4.69, 9.17) is 0 Å². The second kappa shape index (κ2) is 7.14. The lowest BCUT2D eigenvalue weighted by molar-refractivity contribution is 0.0845. The van der Waals surface area contributed by atoms with Crippen LogP contribution in [0.25, 0.3) is 11.0 Å². The monoisotopic (exact) mass is 351 g/mol. The highest BCUT2D eigenvalue weighted by molar-refractivity contribution is 6.00. The minimum atomic E-state index is -0.697. The summed E-state index contributed by atoms with van der Waals surface area (Å²) in [4.78, 5) is 45.2. The molecule has 2 N–H and O–H groups in total. The number of amides is 2. The van der Waals surface area contributed by atoms with Crippen LogP contribution >= 0.6 is 0 Å². The van der Waals surface area contributed by atoms with Crippen LogP contribution in [0.2, 0.25) is 0 Å². The van der Waals surface area contributed by atoms with Crippen molar-refractivity contribution in [2.45, 2.75) is 20.4 Å². The van der Waals surface area contributed by atoms with E-state index in [1.165, 1.54) is 18.6 Å². The molecular formula is C18H17N5O3. The summed E-state index contributed by atoms with van der Waals surface area (Å²) in [5.41, 5.74) is 5.62. The molecule has 3 aromatic rings. The zero-order chi connectivity index (χ0) is 18.7. The molecule has 0 aliphatic rings. The molecule has 0 aromatic carbocycles. The molecule has 0 unspecified atom stereocenters. The van der Waals surface area contributed by atoms with Crippen LogP contribution in [0.1, 0.15) is 33.3 Å². The van der Waals surface area contributed by atoms with E-state index in [9.17, 15) is 14.4 Å². The third kappa shape index (κ3) is 3.30. The van der Waals surface area contributed by atoms with Crippen molar-refractivity contribution in [3.05, 3.63) is 69.9 Å². The van der Waals surface area contributed by atoms with Crippen LogP contribution in [0.3, 0.4) is 0 Å². The van der Waals surface area contributed by atoms with Gasteiger partial charge in [-0.3, -0.25) is 30.2 Å². The Hall–Kier alpha value is -3.55. The molecule has 26 heavy (non-hydrogen) atoms. The topological polar surface area (TPSA) is 106 Å². The summed E-state index contributed by atoms with van der Waals surface area (Å²) in [6, 6.07) is 6.53. The van der Waals surface area contributed by atoms with Gasteiger partial charge in [0.2, 0.25) is 5.43 Å². The number of aromatic nitrogens is 3. The molecule has 0 fully saturated rings. The minimum absolute atomic E-state index is 0.0727. The minimum Gasteiger partial charge on any atom is -0.332 e. The number of fused-ring (bicyclic) bond motifs is 1. The lowest BCUT2D eigenvalue weighted by Gasteiger charge is -2.12. The Morgan fingerprint density at radius 3 is 2.62 bits per heavy atom. The van der Waals surface area contributed by atoms with Crippen LogP contribution in [-0.4, -0.2) is 26.3 Å². The number of hydrazine groups is 1. The fourth-order valence-electron chi connectivity index (χ4n) is 2.51. The van der Waals surface area contributed by atoms with E-state index in [0.717, 1.165) is 5.69 Å². The van der Waals surface area contributed by atoms with Gasteiger partial charge in [-0.25, -0.2) is 4.98 Å². The first-order valence-corrected chi connectivity index (χ1v) is 8.02. The molecule has 0 bridgehead atoms. The molecule has 0 spiro atoms. The van der Waals surface area contributed by atoms with Gasteiger partial charge in [-0.15, -0.1) is 0 Å². The SMILES string of the molecule is CCn1cc(C(=O)NNC(=O)c2cccnc2)c(=O)c2ccc(C)nc21. The molecule has 0 saturated carbocycles. The number of aryl methyl sites for hydroxylation is 2. The maximum Gasteiger partial charge on any atom is 0.275 e. The zero-order valence-electron chi connectivity index (χ0n) is 14.3. The van der Waals surface area contributed by atoms with Crippen molar-refractivity contribution in [3.8, 4) is 0 Å². The van der Waals surface area contributed by atoms with Crippen molar-refractivity contribution in [2.24, 2.45) is 0 Å². The molecule has 3 rings (SSSR count). The van der Waals surface area contributed by atoms with Gasteiger partial charge >= 0.3 is 0 Å². The first-order valence-electron chi connectivity index (χ1n) is 8.02. The maximum atomic E-state index is 12.6. The molecule has 3 heterocycles. The van der Waals surface area contributed by atoms with Crippen molar-refractivity contribution in [1.29, 1.82) is 0 Å². The van der Waals surface area contributed by atoms with Crippen LogP contribution in [0.5, 0.6) is 0 Å². The molecule has 2 amide bonds. The predicted octanol–water partition coefficient (Wildman–Crippen LogP) is 1.19. The second-order valence-electron chi connectivity index (χ2n) is 5.63. The van der Waals surface area contributed by atoms with Gasteiger partial charge in [0.05, 0.1) is 10.9 Å². The number of carbonyl (C=O) groups excluding carboxylic acids is 2. The van der Waals surface area contributed by atoms with Gasteiger partial charge in [0.1, 0.15) is 11.2 Å². The third-order valence-corrected chi connectivity index (χ3v) is 3.86. The van der Waals surface area contributed by atoms with E-state index < -0.39 is 17.2 Å². The van der Waals surface area contributed by atoms with E-state index in [1.807, 2.05) is 13.8 Å². The number of carbonyl (C=O) groups is 2. The Kier molecular flexibility index (Phi) is 4.74. The van der Waals surface area contributed by atoms with Crippen molar-refractivity contribution in [1.82, 2.24) is 25.4 Å². The molecular weight excluding hydrogens is 334 g/mol. The number of nitrogens with zero attached hydrogens (tertiary/aromatic N) is 3. The molecule has 132 valence electrons. The first-order chi connectivity index (χ1) is 12.5. The Labute approximate surface area is 148 Å². The smallest absolute Gasteiger partial charge is 0.275 e. The number of pyridine rings is 3. The van der Waals surface area contributed by atoms with Crippen LogP contribution < -0.4 is 16.3 Å². The normalized spacial score (nSPS) is 10.5. The van der Waals surface area contributed by atoms with Gasteiger partial charge in [-0.1, -0.05) is 0 Å². The van der Waals surface area contributed by atoms with Crippen LogP contribution in [0, 0.1) is 6.92 Å². The van der Waals surface area contributed by atoms with Gasteiger partial charge in [0.15, 0.2) is 0 Å². The largest absolute Gasteiger partial charge is 0.332 e. The van der Waals surface area contributed by atoms with Crippen LogP contribution in [-0.2, 0) is 6.54 Å². The summed E-state index contributed by atoms with van der Waals surface area (Å²) in [5.74, 6) is -1.22. The Morgan fingerprint density at radius 1 is 1.15 bits per heavy atom. The van der Waals surface area contributed by atoms with Gasteiger partial charge in [-0.2, -0.15) is 0 Å². The van der Waals surface area contributed by atoms with E-state index in [0.29, 0.717) is 17.6 Å². The summed E-state index contributed by atoms with van der Waals surface area (Å²) in [6.07, 6.45) is 4.35. The fourth-order valence-corrected chi connectivity index (χ4v) is 2.51. The highest BCUT2D eigenvalue weighted by Gasteiger charge is 2.17. The number of hydrogen-bond acceptors (Lipinski definition) is 5. The highest BCUT2D eigenvalue weighted by Crippen LogP contribution is 2.10. The average Bonchev–Trinajstić information content (AvgIpc) is 2.66. The molecule has 8 nitrogen and oxygen atoms in total. The molecule has 0 aliphatic carbocycles. The zero-order valence-corrected chi connectivity index (χ0v) is 14.3. The van der Waals surface area contributed by atoms with Crippen molar-refractivity contribution in [2.75, 3.05) is 0 Å². The maximum absolute atomic E-state index is 12.6. The molecule has 0 atom stereocenters. The van der Waals surface area contributed by atoms with Gasteiger partial charge in [0.25, 0.3) is 11.8 Å². The summed E-state index contributed by atoms with van der Waals surface area (Å²) in [7, 11) is 0. The molecule has 3 aromatic heterocycles. The van der Waals surface area contributed by atoms with E-state index in [1.54, 1.807) is 28.8 Å². The van der Waals surface area contributed by atoms with E-state index in [2.05, 4.69) is 20.8 Å². The predicted molar refractivity (Wildman–Crippen MR) is 95.6 cm³/mol. The van der Waals surface area contributed by atoms with Gasteiger partial charge in [-0.05, 0) is 38.1 Å². The fraction of sp³-hybridized carbons (Fsp3) is 0.167. The van der Waals surface area contributed by atoms with Gasteiger partial charge < -0.3 is 4.57 Å². The highest BCUT2D eigenvalue weighted by atomic mass is 16.2. The quantitative estimate of drug-likeness (QED) is 0.690. The van der Waals surface area contributed by atoms with Crippen LogP contribution in [0.15, 0.2) is 47.7 Å². The third-order valence-electron chi connectivity index (χ3n) is 3.86. The van der Waals surface area contributed by atoms with Crippen molar-refractivity contribution >= 4 is 22.8 Å². The number of nitrogens with one attached hydrogen (secondary N) is 2. The summed E-state index contributed by atoms with van der Waals surface area (Å²) < 4.78 is 1.72. The van der Waals surface area contributed by atoms with Gasteiger partial charge in [0, 0.05) is 30.8 Å². The molecule has 0 saturated heterocycles. The number of rotatable bonds is 3. The summed E-state index contributed by atoms with van der Waals surface area (Å²) >= 11 is 0. The first kappa shape index (κ1) is 17.3. The molecule has 8 heteroatoms. The average molecular weight is 351 g/mol. The lowest BCUT2D eigenvalue weighted by atomic mass is 10.1. The summed E-state index contributed by atoms with van der Waals surface area (Å²) in [6.45, 7) is 4.26. The van der Waals surface area contributed by atoms with E-state index >= 15 is 0 Å². The van der Waals surface area contributed by atoms with Crippen molar-refractivity contribution in [3.63, 3.8) is 0 Å². The Morgan fingerprint density at radius 2 is 1.92 bits per heavy atom. The van der Waals surface area contributed by atoms with Crippen molar-refractivity contribution < 1.29 is 9.59 Å². The molecule has 0 radical (unpaired) electrons. The second-order valence-corrected chi connectivity index (χ2v) is 5.63. The Bertz CT molecular complexity index is 1040. The summed E-state index contributed by atoms with van der Waals surface area (Å²) in [5, 5.41) is 0.351. The van der Waals surface area contributed by atoms with E-state index in [-0.39, 0.29) is 11.1 Å². The standard InChI is InChI=1S/C18H17N5O3/c1-3-23-10-14(15(24)13-7-6-11(2)20-16(13)23)18(26)22-21-17(25)12-5-4-8-19-9-12/h4-10H,3H2,1-2H3,(H,21,25)(H,22,26). The number of hydrogen-bond donors (Lipinski definition) is 2. The lowest BCUT2D eigenvalue weighted by Crippen LogP contribution is -2.43. The molecule has 0 aliphatic heterocycles. The van der Waals surface area contributed by atoms with Crippen LogP contribution in [0.4, 0.5) is 0 Å². The Balaban J connectivity index is 1.89.